The summed E-state index contributed by atoms with van der Waals surface area (Å²) in [5, 5.41) is 92.1. The van der Waals surface area contributed by atoms with Crippen molar-refractivity contribution in [3.8, 4) is 34.3 Å². The van der Waals surface area contributed by atoms with Crippen LogP contribution in [-0.2, 0) is 14.2 Å². The zero-order valence-electron chi connectivity index (χ0n) is 21.9. The molecule has 2 fully saturated rings. The summed E-state index contributed by atoms with van der Waals surface area (Å²) < 4.78 is 27.9. The van der Waals surface area contributed by atoms with Gasteiger partial charge in [-0.15, -0.1) is 0 Å². The van der Waals surface area contributed by atoms with Crippen molar-refractivity contribution in [3.63, 3.8) is 0 Å². The van der Waals surface area contributed by atoms with E-state index in [2.05, 4.69) is 0 Å². The van der Waals surface area contributed by atoms with Gasteiger partial charge in [0, 0.05) is 12.1 Å². The Hall–Kier alpha value is -3.51. The summed E-state index contributed by atoms with van der Waals surface area (Å²) in [5.74, 6) is -2.45. The van der Waals surface area contributed by atoms with Crippen molar-refractivity contribution in [3.05, 3.63) is 46.6 Å². The van der Waals surface area contributed by atoms with Crippen LogP contribution in [0.1, 0.15) is 6.92 Å². The Morgan fingerprint density at radius 1 is 0.786 bits per heavy atom. The van der Waals surface area contributed by atoms with Crippen molar-refractivity contribution in [2.75, 3.05) is 6.61 Å². The highest BCUT2D eigenvalue weighted by Gasteiger charge is 2.47. The molecule has 0 aliphatic carbocycles. The number of hydrogen-bond donors (Lipinski definition) is 9. The van der Waals surface area contributed by atoms with Crippen LogP contribution in [0.2, 0.25) is 0 Å². The lowest BCUT2D eigenvalue weighted by Gasteiger charge is -2.42. The summed E-state index contributed by atoms with van der Waals surface area (Å²) in [6.07, 6.45) is -15.9. The van der Waals surface area contributed by atoms with Gasteiger partial charge < -0.3 is 69.3 Å². The SMILES string of the molecule is C[C@@H]1O[C@@H](OC[C@@H]2O[C@H](Oc3c(-c4ccccc4O)oc4cc(O)cc(O)c4c3=O)[C@@H](O)[C@H](O)[C@H]2O)[C@@H](O)[C@@H](O)[C@@H]1O. The zero-order chi connectivity index (χ0) is 30.5. The van der Waals surface area contributed by atoms with Crippen molar-refractivity contribution in [2.24, 2.45) is 0 Å². The van der Waals surface area contributed by atoms with E-state index in [9.17, 15) is 50.8 Å². The van der Waals surface area contributed by atoms with Crippen LogP contribution in [-0.4, -0.2) is 114 Å². The van der Waals surface area contributed by atoms with E-state index >= 15 is 0 Å². The number of ether oxygens (including phenoxy) is 4. The maximum atomic E-state index is 13.6. The number of phenols is 3. The lowest BCUT2D eigenvalue weighted by atomic mass is 9.98. The molecule has 10 atom stereocenters. The number of aliphatic hydroxyl groups is 6. The maximum Gasteiger partial charge on any atom is 0.239 e. The molecule has 0 saturated carbocycles. The van der Waals surface area contributed by atoms with Gasteiger partial charge in [-0.3, -0.25) is 4.79 Å². The fourth-order valence-corrected chi connectivity index (χ4v) is 4.83. The van der Waals surface area contributed by atoms with E-state index in [0.717, 1.165) is 12.1 Å². The molecule has 42 heavy (non-hydrogen) atoms. The third-order valence-electron chi connectivity index (χ3n) is 7.20. The molecule has 228 valence electrons. The van der Waals surface area contributed by atoms with E-state index in [-0.39, 0.29) is 22.7 Å². The first kappa shape index (κ1) is 30.0. The molecule has 0 unspecified atom stereocenters. The first-order valence-corrected chi connectivity index (χ1v) is 12.9. The number of fused-ring (bicyclic) bond motifs is 1. The van der Waals surface area contributed by atoms with Crippen molar-refractivity contribution in [1.82, 2.24) is 0 Å². The summed E-state index contributed by atoms with van der Waals surface area (Å²) in [4.78, 5) is 13.6. The number of aliphatic hydroxyl groups excluding tert-OH is 6. The second-order valence-electron chi connectivity index (χ2n) is 10.1. The minimum atomic E-state index is -1.94. The van der Waals surface area contributed by atoms with Gasteiger partial charge in [0.15, 0.2) is 12.1 Å². The Morgan fingerprint density at radius 2 is 1.45 bits per heavy atom. The summed E-state index contributed by atoms with van der Waals surface area (Å²) in [6.45, 7) is 0.850. The molecule has 2 aliphatic rings. The highest BCUT2D eigenvalue weighted by atomic mass is 16.7. The second-order valence-corrected chi connectivity index (χ2v) is 10.1. The van der Waals surface area contributed by atoms with Gasteiger partial charge >= 0.3 is 0 Å². The maximum absolute atomic E-state index is 13.6. The third kappa shape index (κ3) is 5.37. The van der Waals surface area contributed by atoms with Crippen LogP contribution < -0.4 is 10.2 Å². The molecule has 0 bridgehead atoms. The lowest BCUT2D eigenvalue weighted by Crippen LogP contribution is -2.61. The Labute approximate surface area is 236 Å². The summed E-state index contributed by atoms with van der Waals surface area (Å²) in [6, 6.07) is 7.63. The van der Waals surface area contributed by atoms with E-state index in [4.69, 9.17) is 23.4 Å². The van der Waals surface area contributed by atoms with E-state index in [0.29, 0.717) is 0 Å². The fourth-order valence-electron chi connectivity index (χ4n) is 4.83. The number of rotatable bonds is 6. The highest BCUT2D eigenvalue weighted by molar-refractivity contribution is 5.88. The van der Waals surface area contributed by atoms with Crippen molar-refractivity contribution in [2.45, 2.75) is 68.3 Å². The topological polar surface area (TPSA) is 249 Å². The number of para-hydroxylation sites is 1. The lowest BCUT2D eigenvalue weighted by molar-refractivity contribution is -0.318. The summed E-state index contributed by atoms with van der Waals surface area (Å²) >= 11 is 0. The van der Waals surface area contributed by atoms with Gasteiger partial charge in [-0.2, -0.15) is 0 Å². The van der Waals surface area contributed by atoms with Gasteiger partial charge in [0.2, 0.25) is 17.5 Å². The molecule has 2 saturated heterocycles. The monoisotopic (exact) mass is 594 g/mol. The average Bonchev–Trinajstić information content (AvgIpc) is 2.95. The molecule has 0 amide bonds. The zero-order valence-corrected chi connectivity index (χ0v) is 21.9. The molecule has 2 aromatic carbocycles. The van der Waals surface area contributed by atoms with Crippen LogP contribution in [0.15, 0.2) is 45.6 Å². The van der Waals surface area contributed by atoms with Crippen LogP contribution in [0.5, 0.6) is 23.0 Å². The standard InChI is InChI=1S/C27H30O15/c1-9-17(31)20(34)22(36)26(39-9)38-8-15-18(32)21(35)23(37)27(41-15)42-25-19(33)16-13(30)6-10(28)7-14(16)40-24(25)11-4-2-3-5-12(11)29/h2-7,9,15,17-18,20-23,26-32,34-37H,8H2,1H3/t9-,15-,17+,18-,20-,21+,22-,23-,26+,27+/m0/s1. The van der Waals surface area contributed by atoms with Gasteiger partial charge in [-0.1, -0.05) is 12.1 Å². The predicted molar refractivity (Wildman–Crippen MR) is 139 cm³/mol. The number of phenolic OH excluding ortho intramolecular Hbond substituents is 3. The summed E-state index contributed by atoms with van der Waals surface area (Å²) in [7, 11) is 0. The first-order valence-electron chi connectivity index (χ1n) is 12.9. The van der Waals surface area contributed by atoms with E-state index in [1.807, 2.05) is 0 Å². The van der Waals surface area contributed by atoms with Crippen LogP contribution in [0.4, 0.5) is 0 Å². The third-order valence-corrected chi connectivity index (χ3v) is 7.20. The molecular weight excluding hydrogens is 564 g/mol. The Kier molecular flexibility index (Phi) is 8.30. The van der Waals surface area contributed by atoms with Gasteiger partial charge in [0.25, 0.3) is 0 Å². The molecule has 2 aliphatic heterocycles. The quantitative estimate of drug-likeness (QED) is 0.159. The number of aromatic hydroxyl groups is 3. The summed E-state index contributed by atoms with van der Waals surface area (Å²) in [5.41, 5.74) is -1.29. The second kappa shape index (κ2) is 11.6. The van der Waals surface area contributed by atoms with E-state index < -0.39 is 96.1 Å². The van der Waals surface area contributed by atoms with Crippen LogP contribution in [0.3, 0.4) is 0 Å². The van der Waals surface area contributed by atoms with Crippen LogP contribution >= 0.6 is 0 Å². The van der Waals surface area contributed by atoms with Gasteiger partial charge in [0.1, 0.15) is 70.9 Å². The smallest absolute Gasteiger partial charge is 0.239 e. The molecule has 0 radical (unpaired) electrons. The van der Waals surface area contributed by atoms with E-state index in [1.54, 1.807) is 0 Å². The fraction of sp³-hybridized carbons (Fsp3) is 0.444. The molecule has 3 heterocycles. The molecule has 1 aromatic heterocycles. The number of benzene rings is 2. The van der Waals surface area contributed by atoms with Gasteiger partial charge in [-0.05, 0) is 19.1 Å². The minimum absolute atomic E-state index is 0.0431. The minimum Gasteiger partial charge on any atom is -0.508 e. The van der Waals surface area contributed by atoms with Gasteiger partial charge in [0.05, 0.1) is 18.3 Å². The molecule has 15 nitrogen and oxygen atoms in total. The largest absolute Gasteiger partial charge is 0.508 e. The van der Waals surface area contributed by atoms with Crippen molar-refractivity contribution in [1.29, 1.82) is 0 Å². The predicted octanol–water partition coefficient (Wildman–Crippen LogP) is -1.39. The molecule has 0 spiro atoms. The first-order chi connectivity index (χ1) is 19.9. The molecule has 15 heteroatoms. The molecule has 5 rings (SSSR count). The number of hydrogen-bond acceptors (Lipinski definition) is 15. The van der Waals surface area contributed by atoms with Gasteiger partial charge in [-0.25, -0.2) is 0 Å². The average molecular weight is 595 g/mol. The van der Waals surface area contributed by atoms with Crippen molar-refractivity contribution >= 4 is 11.0 Å². The Morgan fingerprint density at radius 3 is 2.17 bits per heavy atom. The Balaban J connectivity index is 1.47. The van der Waals surface area contributed by atoms with Crippen molar-refractivity contribution < 1.29 is 69.3 Å². The normalized spacial score (nSPS) is 33.5. The molecule has 9 N–H and O–H groups in total. The van der Waals surface area contributed by atoms with Crippen LogP contribution in [0.25, 0.3) is 22.3 Å². The Bertz CT molecular complexity index is 1490. The van der Waals surface area contributed by atoms with Crippen LogP contribution in [0, 0.1) is 0 Å². The van der Waals surface area contributed by atoms with E-state index in [1.165, 1.54) is 31.2 Å². The highest BCUT2D eigenvalue weighted by Crippen LogP contribution is 2.40. The molecule has 3 aromatic rings. The molecular formula is C27H30O15.